The number of hydrogen-bond acceptors (Lipinski definition) is 4. The number of anilines is 1. The van der Waals surface area contributed by atoms with Crippen LogP contribution in [0.25, 0.3) is 0 Å². The Labute approximate surface area is 87.9 Å². The number of carbonyl (C=O) groups is 1. The number of primary amides is 1. The van der Waals surface area contributed by atoms with Gasteiger partial charge in [-0.25, -0.2) is 4.98 Å². The van der Waals surface area contributed by atoms with Crippen LogP contribution in [0.4, 0.5) is 5.82 Å². The van der Waals surface area contributed by atoms with E-state index in [4.69, 9.17) is 11.0 Å². The van der Waals surface area contributed by atoms with E-state index in [2.05, 4.69) is 10.3 Å². The fourth-order valence-electron chi connectivity index (χ4n) is 1.18. The lowest BCUT2D eigenvalue weighted by Gasteiger charge is -2.12. The highest BCUT2D eigenvalue weighted by Crippen LogP contribution is 2.06. The van der Waals surface area contributed by atoms with Gasteiger partial charge in [-0.2, -0.15) is 5.26 Å². The Kier molecular flexibility index (Phi) is 3.63. The Bertz CT molecular complexity index is 397. The third kappa shape index (κ3) is 3.65. The quantitative estimate of drug-likeness (QED) is 0.752. The topological polar surface area (TPSA) is 91.8 Å². The molecule has 0 aliphatic rings. The van der Waals surface area contributed by atoms with Gasteiger partial charge in [0.1, 0.15) is 17.6 Å². The van der Waals surface area contributed by atoms with E-state index in [0.717, 1.165) is 0 Å². The molecule has 5 heteroatoms. The summed E-state index contributed by atoms with van der Waals surface area (Å²) in [6, 6.07) is 6.92. The summed E-state index contributed by atoms with van der Waals surface area (Å²) in [6.45, 7) is 1.82. The molecule has 0 fully saturated rings. The molecule has 15 heavy (non-hydrogen) atoms. The van der Waals surface area contributed by atoms with Gasteiger partial charge in [0.25, 0.3) is 0 Å². The molecule has 1 amide bonds. The van der Waals surface area contributed by atoms with Gasteiger partial charge in [-0.15, -0.1) is 0 Å². The summed E-state index contributed by atoms with van der Waals surface area (Å²) in [4.78, 5) is 14.6. The first-order valence-corrected chi connectivity index (χ1v) is 4.54. The van der Waals surface area contributed by atoms with Crippen molar-refractivity contribution in [2.45, 2.75) is 19.4 Å². The van der Waals surface area contributed by atoms with E-state index in [1.807, 2.05) is 13.0 Å². The number of rotatable bonds is 4. The summed E-state index contributed by atoms with van der Waals surface area (Å²) >= 11 is 0. The van der Waals surface area contributed by atoms with Gasteiger partial charge in [-0.05, 0) is 19.1 Å². The molecule has 0 aliphatic heterocycles. The molecular formula is C10H12N4O. The second-order valence-corrected chi connectivity index (χ2v) is 3.24. The van der Waals surface area contributed by atoms with Gasteiger partial charge in [0, 0.05) is 12.5 Å². The molecule has 1 atom stereocenters. The third-order valence-corrected chi connectivity index (χ3v) is 1.77. The van der Waals surface area contributed by atoms with Gasteiger partial charge in [0.2, 0.25) is 5.91 Å². The van der Waals surface area contributed by atoms with Crippen molar-refractivity contribution >= 4 is 11.7 Å². The summed E-state index contributed by atoms with van der Waals surface area (Å²) in [5, 5.41) is 11.6. The predicted octanol–water partition coefficient (Wildman–Crippen LogP) is 0.629. The summed E-state index contributed by atoms with van der Waals surface area (Å²) in [5.74, 6) is 0.203. The zero-order valence-electron chi connectivity index (χ0n) is 8.40. The predicted molar refractivity (Wildman–Crippen MR) is 55.8 cm³/mol. The van der Waals surface area contributed by atoms with E-state index < -0.39 is 0 Å². The molecule has 0 aliphatic carbocycles. The summed E-state index contributed by atoms with van der Waals surface area (Å²) in [7, 11) is 0. The number of nitrogens with two attached hydrogens (primary N) is 1. The Hall–Kier alpha value is -2.09. The van der Waals surface area contributed by atoms with Crippen LogP contribution < -0.4 is 11.1 Å². The zero-order chi connectivity index (χ0) is 11.3. The minimum atomic E-state index is -0.369. The number of hydrogen-bond donors (Lipinski definition) is 2. The van der Waals surface area contributed by atoms with Gasteiger partial charge in [0.05, 0.1) is 0 Å². The second-order valence-electron chi connectivity index (χ2n) is 3.24. The number of carbonyl (C=O) groups excluding carboxylic acids is 1. The molecule has 1 rings (SSSR count). The molecule has 3 N–H and O–H groups in total. The number of nitriles is 1. The average molecular weight is 204 g/mol. The SMILES string of the molecule is CC(CC(N)=O)Nc1cccc(C#N)n1. The molecular weight excluding hydrogens is 192 g/mol. The number of nitrogens with one attached hydrogen (secondary N) is 1. The van der Waals surface area contributed by atoms with Gasteiger partial charge in [0.15, 0.2) is 0 Å². The smallest absolute Gasteiger partial charge is 0.219 e. The molecule has 78 valence electrons. The van der Waals surface area contributed by atoms with Crippen molar-refractivity contribution in [2.24, 2.45) is 5.73 Å². The van der Waals surface area contributed by atoms with Gasteiger partial charge >= 0.3 is 0 Å². The molecule has 0 saturated carbocycles. The molecule has 0 bridgehead atoms. The van der Waals surface area contributed by atoms with Crippen LogP contribution in [0.2, 0.25) is 0 Å². The maximum atomic E-state index is 10.6. The second kappa shape index (κ2) is 4.96. The fraction of sp³-hybridized carbons (Fsp3) is 0.300. The van der Waals surface area contributed by atoms with E-state index in [-0.39, 0.29) is 18.4 Å². The van der Waals surface area contributed by atoms with Crippen molar-refractivity contribution in [1.29, 1.82) is 5.26 Å². The van der Waals surface area contributed by atoms with E-state index in [9.17, 15) is 4.79 Å². The lowest BCUT2D eigenvalue weighted by molar-refractivity contribution is -0.118. The monoisotopic (exact) mass is 204 g/mol. The van der Waals surface area contributed by atoms with Crippen LogP contribution in [0.1, 0.15) is 19.0 Å². The van der Waals surface area contributed by atoms with Crippen molar-refractivity contribution in [1.82, 2.24) is 4.98 Å². The van der Waals surface area contributed by atoms with Gasteiger partial charge in [-0.3, -0.25) is 4.79 Å². The molecule has 1 unspecified atom stereocenters. The zero-order valence-corrected chi connectivity index (χ0v) is 8.40. The molecule has 1 heterocycles. The lowest BCUT2D eigenvalue weighted by Crippen LogP contribution is -2.24. The Balaban J connectivity index is 2.64. The molecule has 0 radical (unpaired) electrons. The van der Waals surface area contributed by atoms with Crippen LogP contribution in [-0.2, 0) is 4.79 Å². The number of amides is 1. The normalized spacial score (nSPS) is 11.5. The fourth-order valence-corrected chi connectivity index (χ4v) is 1.18. The Morgan fingerprint density at radius 1 is 1.73 bits per heavy atom. The van der Waals surface area contributed by atoms with Crippen molar-refractivity contribution in [3.05, 3.63) is 23.9 Å². The molecule has 1 aromatic rings. The summed E-state index contributed by atoms with van der Waals surface area (Å²) in [6.07, 6.45) is 0.235. The molecule has 5 nitrogen and oxygen atoms in total. The molecule has 0 spiro atoms. The Morgan fingerprint density at radius 3 is 3.07 bits per heavy atom. The van der Waals surface area contributed by atoms with Gasteiger partial charge < -0.3 is 11.1 Å². The van der Waals surface area contributed by atoms with Crippen LogP contribution in [0, 0.1) is 11.3 Å². The van der Waals surface area contributed by atoms with Crippen LogP contribution in [0.5, 0.6) is 0 Å². The van der Waals surface area contributed by atoms with Crippen LogP contribution in [0.3, 0.4) is 0 Å². The average Bonchev–Trinajstić information content (AvgIpc) is 2.16. The molecule has 0 saturated heterocycles. The summed E-state index contributed by atoms with van der Waals surface area (Å²) < 4.78 is 0. The van der Waals surface area contributed by atoms with E-state index in [1.165, 1.54) is 0 Å². The molecule has 1 aromatic heterocycles. The highest BCUT2D eigenvalue weighted by atomic mass is 16.1. The van der Waals surface area contributed by atoms with E-state index >= 15 is 0 Å². The van der Waals surface area contributed by atoms with Crippen molar-refractivity contribution < 1.29 is 4.79 Å². The van der Waals surface area contributed by atoms with Gasteiger partial charge in [-0.1, -0.05) is 6.07 Å². The number of pyridine rings is 1. The first kappa shape index (κ1) is 11.0. The maximum absolute atomic E-state index is 10.6. The van der Waals surface area contributed by atoms with Crippen molar-refractivity contribution in [3.63, 3.8) is 0 Å². The highest BCUT2D eigenvalue weighted by molar-refractivity contribution is 5.74. The van der Waals surface area contributed by atoms with Crippen LogP contribution in [-0.4, -0.2) is 16.9 Å². The largest absolute Gasteiger partial charge is 0.370 e. The van der Waals surface area contributed by atoms with E-state index in [0.29, 0.717) is 11.5 Å². The minimum Gasteiger partial charge on any atom is -0.370 e. The minimum absolute atomic E-state index is 0.0936. The number of nitrogens with zero attached hydrogens (tertiary/aromatic N) is 2. The van der Waals surface area contributed by atoms with Crippen molar-refractivity contribution in [2.75, 3.05) is 5.32 Å². The number of aromatic nitrogens is 1. The van der Waals surface area contributed by atoms with Crippen LogP contribution >= 0.6 is 0 Å². The first-order valence-electron chi connectivity index (χ1n) is 4.54. The first-order chi connectivity index (χ1) is 7.11. The highest BCUT2D eigenvalue weighted by Gasteiger charge is 2.06. The Morgan fingerprint density at radius 2 is 2.47 bits per heavy atom. The summed E-state index contributed by atoms with van der Waals surface area (Å²) in [5.41, 5.74) is 5.39. The molecule has 0 aromatic carbocycles. The standard InChI is InChI=1S/C10H12N4O/c1-7(5-9(12)15)13-10-4-2-3-8(6-11)14-10/h2-4,7H,5H2,1H3,(H2,12,15)(H,13,14). The van der Waals surface area contributed by atoms with Crippen LogP contribution in [0.15, 0.2) is 18.2 Å². The van der Waals surface area contributed by atoms with Crippen molar-refractivity contribution in [3.8, 4) is 6.07 Å². The van der Waals surface area contributed by atoms with E-state index in [1.54, 1.807) is 18.2 Å². The third-order valence-electron chi connectivity index (χ3n) is 1.77. The lowest BCUT2D eigenvalue weighted by atomic mass is 10.2. The maximum Gasteiger partial charge on any atom is 0.219 e.